The van der Waals surface area contributed by atoms with Gasteiger partial charge in [0.05, 0.1) is 19.1 Å². The molecule has 0 aliphatic carbocycles. The second-order valence-corrected chi connectivity index (χ2v) is 6.05. The lowest BCUT2D eigenvalue weighted by molar-refractivity contribution is -0.125. The lowest BCUT2D eigenvalue weighted by Gasteiger charge is -2.30. The minimum atomic E-state index is -0.281. The minimum absolute atomic E-state index is 0. The third-order valence-electron chi connectivity index (χ3n) is 4.16. The van der Waals surface area contributed by atoms with E-state index in [0.717, 1.165) is 38.4 Å². The second kappa shape index (κ2) is 11.7. The maximum Gasteiger partial charge on any atom is 0.224 e. The fraction of sp³-hybridized carbons (Fsp3) is 0.588. The number of nitrogens with two attached hydrogens (primary N) is 1. The fourth-order valence-corrected chi connectivity index (χ4v) is 2.72. The molecule has 0 aromatic heterocycles. The van der Waals surface area contributed by atoms with Crippen molar-refractivity contribution in [2.75, 3.05) is 32.8 Å². The van der Waals surface area contributed by atoms with Gasteiger partial charge in [-0.15, -0.1) is 24.8 Å². The minimum Gasteiger partial charge on any atom is -0.379 e. The molecule has 7 heteroatoms. The standard InChI is InChI=1S/C17H27N3O2.2ClH/c1-13(12-20-8-10-22-11-9-20)19-17(21)14(2)16(18)15-6-4-3-5-7-15;;/h3-7,13-14,16H,8-12,18H2,1-2H3,(H,19,21);2*1H. The van der Waals surface area contributed by atoms with Crippen LogP contribution in [0.4, 0.5) is 0 Å². The average Bonchev–Trinajstić information content (AvgIpc) is 2.55. The Balaban J connectivity index is 0.00000264. The number of carbonyl (C=O) groups is 1. The van der Waals surface area contributed by atoms with Crippen LogP contribution < -0.4 is 11.1 Å². The van der Waals surface area contributed by atoms with Crippen LogP contribution in [0.15, 0.2) is 30.3 Å². The monoisotopic (exact) mass is 377 g/mol. The number of morpholine rings is 1. The molecule has 0 saturated carbocycles. The first kappa shape index (κ1) is 23.1. The van der Waals surface area contributed by atoms with E-state index in [1.165, 1.54) is 0 Å². The molecule has 3 N–H and O–H groups in total. The molecule has 1 aromatic carbocycles. The summed E-state index contributed by atoms with van der Waals surface area (Å²) in [4.78, 5) is 14.7. The molecule has 0 spiro atoms. The lowest BCUT2D eigenvalue weighted by atomic mass is 9.94. The van der Waals surface area contributed by atoms with E-state index in [-0.39, 0.29) is 48.7 Å². The van der Waals surface area contributed by atoms with E-state index < -0.39 is 0 Å². The topological polar surface area (TPSA) is 67.6 Å². The Labute approximate surface area is 157 Å². The van der Waals surface area contributed by atoms with E-state index >= 15 is 0 Å². The van der Waals surface area contributed by atoms with Crippen molar-refractivity contribution in [2.45, 2.75) is 25.9 Å². The molecule has 3 unspecified atom stereocenters. The Kier molecular flexibility index (Phi) is 11.2. The summed E-state index contributed by atoms with van der Waals surface area (Å²) in [6.45, 7) is 8.18. The molecule has 3 atom stereocenters. The smallest absolute Gasteiger partial charge is 0.224 e. The SMILES string of the molecule is CC(CN1CCOCC1)NC(=O)C(C)C(N)c1ccccc1.Cl.Cl. The van der Waals surface area contributed by atoms with E-state index in [1.807, 2.05) is 44.2 Å². The predicted octanol–water partition coefficient (Wildman–Crippen LogP) is 2.00. The van der Waals surface area contributed by atoms with Gasteiger partial charge in [0.25, 0.3) is 0 Å². The van der Waals surface area contributed by atoms with Crippen LogP contribution in [0.2, 0.25) is 0 Å². The van der Waals surface area contributed by atoms with Gasteiger partial charge < -0.3 is 15.8 Å². The highest BCUT2D eigenvalue weighted by atomic mass is 35.5. The van der Waals surface area contributed by atoms with Crippen molar-refractivity contribution in [1.82, 2.24) is 10.2 Å². The van der Waals surface area contributed by atoms with Crippen LogP contribution >= 0.6 is 24.8 Å². The zero-order valence-corrected chi connectivity index (χ0v) is 15.9. The molecule has 5 nitrogen and oxygen atoms in total. The Hall–Kier alpha value is -0.850. The number of ether oxygens (including phenoxy) is 1. The average molecular weight is 378 g/mol. The van der Waals surface area contributed by atoms with E-state index in [4.69, 9.17) is 10.5 Å². The maximum absolute atomic E-state index is 12.4. The van der Waals surface area contributed by atoms with E-state index in [9.17, 15) is 4.79 Å². The number of nitrogens with zero attached hydrogens (tertiary/aromatic N) is 1. The van der Waals surface area contributed by atoms with Crippen LogP contribution in [0.5, 0.6) is 0 Å². The van der Waals surface area contributed by atoms with Crippen LogP contribution in [-0.4, -0.2) is 49.7 Å². The highest BCUT2D eigenvalue weighted by Gasteiger charge is 2.24. The third-order valence-corrected chi connectivity index (χ3v) is 4.16. The van der Waals surface area contributed by atoms with Gasteiger partial charge in [0.15, 0.2) is 0 Å². The fourth-order valence-electron chi connectivity index (χ4n) is 2.72. The Morgan fingerprint density at radius 2 is 1.79 bits per heavy atom. The van der Waals surface area contributed by atoms with E-state index in [0.29, 0.717) is 0 Å². The first-order chi connectivity index (χ1) is 10.6. The van der Waals surface area contributed by atoms with Gasteiger partial charge in [-0.3, -0.25) is 9.69 Å². The number of hydrogen-bond acceptors (Lipinski definition) is 4. The summed E-state index contributed by atoms with van der Waals surface area (Å²) in [6, 6.07) is 9.59. The molecule has 0 bridgehead atoms. The molecule has 1 heterocycles. The number of carbonyl (C=O) groups excluding carboxylic acids is 1. The predicted molar refractivity (Wildman–Crippen MR) is 102 cm³/mol. The zero-order chi connectivity index (χ0) is 15.9. The Bertz CT molecular complexity index is 470. The maximum atomic E-state index is 12.4. The van der Waals surface area contributed by atoms with Crippen molar-refractivity contribution in [3.63, 3.8) is 0 Å². The number of halogens is 2. The number of benzene rings is 1. The summed E-state index contributed by atoms with van der Waals surface area (Å²) in [5.41, 5.74) is 7.20. The summed E-state index contributed by atoms with van der Waals surface area (Å²) in [7, 11) is 0. The van der Waals surface area contributed by atoms with Crippen LogP contribution in [0.25, 0.3) is 0 Å². The van der Waals surface area contributed by atoms with Gasteiger partial charge in [0.1, 0.15) is 0 Å². The molecule has 1 amide bonds. The third kappa shape index (κ3) is 6.95. The highest BCUT2D eigenvalue weighted by molar-refractivity contribution is 5.85. The van der Waals surface area contributed by atoms with Crippen LogP contribution in [0.3, 0.4) is 0 Å². The van der Waals surface area contributed by atoms with Crippen molar-refractivity contribution < 1.29 is 9.53 Å². The first-order valence-corrected chi connectivity index (χ1v) is 7.99. The summed E-state index contributed by atoms with van der Waals surface area (Å²) >= 11 is 0. The molecule has 24 heavy (non-hydrogen) atoms. The van der Waals surface area contributed by atoms with E-state index in [2.05, 4.69) is 10.2 Å². The van der Waals surface area contributed by atoms with Gasteiger partial charge in [-0.1, -0.05) is 37.3 Å². The summed E-state index contributed by atoms with van der Waals surface area (Å²) in [5.74, 6) is -0.244. The number of hydrogen-bond donors (Lipinski definition) is 2. The number of nitrogens with one attached hydrogen (secondary N) is 1. The molecule has 1 aliphatic heterocycles. The number of amides is 1. The van der Waals surface area contributed by atoms with Crippen LogP contribution in [-0.2, 0) is 9.53 Å². The quantitative estimate of drug-likeness (QED) is 0.795. The molecule has 1 aliphatic rings. The van der Waals surface area contributed by atoms with Gasteiger partial charge in [-0.05, 0) is 12.5 Å². The molecule has 1 fully saturated rings. The summed E-state index contributed by atoms with van der Waals surface area (Å²) in [5, 5.41) is 3.08. The van der Waals surface area contributed by atoms with Crippen LogP contribution in [0, 0.1) is 5.92 Å². The van der Waals surface area contributed by atoms with Crippen molar-refractivity contribution in [2.24, 2.45) is 11.7 Å². The molecule has 138 valence electrons. The second-order valence-electron chi connectivity index (χ2n) is 6.05. The first-order valence-electron chi connectivity index (χ1n) is 7.99. The van der Waals surface area contributed by atoms with Gasteiger partial charge in [0, 0.05) is 31.7 Å². The van der Waals surface area contributed by atoms with Gasteiger partial charge in [-0.2, -0.15) is 0 Å². The van der Waals surface area contributed by atoms with Gasteiger partial charge >= 0.3 is 0 Å². The van der Waals surface area contributed by atoms with Crippen LogP contribution in [0.1, 0.15) is 25.5 Å². The van der Waals surface area contributed by atoms with Gasteiger partial charge in [0.2, 0.25) is 5.91 Å². The summed E-state index contributed by atoms with van der Waals surface area (Å²) in [6.07, 6.45) is 0. The largest absolute Gasteiger partial charge is 0.379 e. The molecule has 0 radical (unpaired) electrons. The Morgan fingerprint density at radius 1 is 1.21 bits per heavy atom. The molecular formula is C17H29Cl2N3O2. The molecule has 1 aromatic rings. The van der Waals surface area contributed by atoms with Gasteiger partial charge in [-0.25, -0.2) is 0 Å². The van der Waals surface area contributed by atoms with Crippen molar-refractivity contribution in [1.29, 1.82) is 0 Å². The highest BCUT2D eigenvalue weighted by Crippen LogP contribution is 2.19. The normalized spacial score (nSPS) is 18.5. The molecule has 2 rings (SSSR count). The van der Waals surface area contributed by atoms with Crippen molar-refractivity contribution >= 4 is 30.7 Å². The zero-order valence-electron chi connectivity index (χ0n) is 14.3. The Morgan fingerprint density at radius 3 is 2.38 bits per heavy atom. The van der Waals surface area contributed by atoms with Crippen molar-refractivity contribution in [3.05, 3.63) is 35.9 Å². The van der Waals surface area contributed by atoms with E-state index in [1.54, 1.807) is 0 Å². The lowest BCUT2D eigenvalue weighted by Crippen LogP contribution is -2.48. The number of rotatable bonds is 6. The molecular weight excluding hydrogens is 349 g/mol. The van der Waals surface area contributed by atoms with Crippen molar-refractivity contribution in [3.8, 4) is 0 Å². The summed E-state index contributed by atoms with van der Waals surface area (Å²) < 4.78 is 5.34. The molecule has 1 saturated heterocycles.